The number of hydrogen-bond donors (Lipinski definition) is 1. The number of nitrogens with one attached hydrogen (secondary N) is 1. The maximum Gasteiger partial charge on any atom is 0.230 e. The summed E-state index contributed by atoms with van der Waals surface area (Å²) in [5, 5.41) is 3.27. The minimum Gasteiger partial charge on any atom is -0.346 e. The van der Waals surface area contributed by atoms with Crippen molar-refractivity contribution < 1.29 is 4.79 Å². The van der Waals surface area contributed by atoms with Crippen LogP contribution in [0.5, 0.6) is 0 Å². The van der Waals surface area contributed by atoms with Crippen LogP contribution in [0.2, 0.25) is 0 Å². The lowest BCUT2D eigenvalue weighted by molar-refractivity contribution is -0.128. The smallest absolute Gasteiger partial charge is 0.230 e. The molecule has 1 aliphatic carbocycles. The van der Waals surface area contributed by atoms with Crippen LogP contribution in [0.15, 0.2) is 60.2 Å². The van der Waals surface area contributed by atoms with Crippen LogP contribution in [-0.4, -0.2) is 5.91 Å². The van der Waals surface area contributed by atoms with Gasteiger partial charge in [-0.3, -0.25) is 4.79 Å². The van der Waals surface area contributed by atoms with Crippen molar-refractivity contribution in [2.24, 2.45) is 5.41 Å². The fourth-order valence-electron chi connectivity index (χ4n) is 3.87. The molecule has 0 aromatic heterocycles. The largest absolute Gasteiger partial charge is 0.346 e. The zero-order chi connectivity index (χ0) is 22.2. The predicted molar refractivity (Wildman–Crippen MR) is 127 cm³/mol. The van der Waals surface area contributed by atoms with Crippen molar-refractivity contribution >= 4 is 11.5 Å². The Kier molecular flexibility index (Phi) is 8.88. The second-order valence-corrected chi connectivity index (χ2v) is 8.06. The molecule has 2 aromatic carbocycles. The van der Waals surface area contributed by atoms with E-state index in [1.807, 2.05) is 59.7 Å². The summed E-state index contributed by atoms with van der Waals surface area (Å²) >= 11 is 0. The van der Waals surface area contributed by atoms with E-state index in [-0.39, 0.29) is 5.91 Å². The van der Waals surface area contributed by atoms with Gasteiger partial charge in [0.05, 0.1) is 11.0 Å². The Labute approximate surface area is 178 Å². The lowest BCUT2D eigenvalue weighted by Crippen LogP contribution is -2.47. The number of allylic oxidation sites excluding steroid dienone is 1. The van der Waals surface area contributed by atoms with Gasteiger partial charge < -0.3 is 5.32 Å². The van der Waals surface area contributed by atoms with Gasteiger partial charge in [0.15, 0.2) is 0 Å². The van der Waals surface area contributed by atoms with E-state index in [4.69, 9.17) is 0 Å². The zero-order valence-corrected chi connectivity index (χ0v) is 19.8. The third kappa shape index (κ3) is 5.38. The second kappa shape index (κ2) is 10.4. The molecule has 0 radical (unpaired) electrons. The summed E-state index contributed by atoms with van der Waals surface area (Å²) in [4.78, 5) is 13.3. The van der Waals surface area contributed by atoms with Gasteiger partial charge in [0.2, 0.25) is 5.91 Å². The molecule has 2 heteroatoms. The van der Waals surface area contributed by atoms with Crippen LogP contribution < -0.4 is 5.32 Å². The van der Waals surface area contributed by atoms with Crippen LogP contribution in [0.25, 0.3) is 5.57 Å². The van der Waals surface area contributed by atoms with E-state index in [0.29, 0.717) is 0 Å². The van der Waals surface area contributed by atoms with E-state index < -0.39 is 11.0 Å². The van der Waals surface area contributed by atoms with Crippen molar-refractivity contribution in [2.75, 3.05) is 0 Å². The number of amides is 1. The van der Waals surface area contributed by atoms with Gasteiger partial charge in [-0.1, -0.05) is 87.9 Å². The SMILES string of the molecule is CC.CC.CC1=C(C(C)(C)C(=O)NC(C)(C)c2ccccc2)c2ccccc2C1. The van der Waals surface area contributed by atoms with Crippen LogP contribution in [0, 0.1) is 5.41 Å². The molecule has 2 aromatic rings. The van der Waals surface area contributed by atoms with Crippen molar-refractivity contribution in [3.05, 3.63) is 76.9 Å². The maximum atomic E-state index is 13.3. The van der Waals surface area contributed by atoms with Crippen molar-refractivity contribution in [1.82, 2.24) is 5.32 Å². The van der Waals surface area contributed by atoms with Gasteiger partial charge in [-0.05, 0) is 63.3 Å². The van der Waals surface area contributed by atoms with Crippen molar-refractivity contribution in [2.45, 2.75) is 74.3 Å². The first-order chi connectivity index (χ1) is 13.7. The lowest BCUT2D eigenvalue weighted by atomic mass is 9.78. The molecular formula is C27H39NO. The summed E-state index contributed by atoms with van der Waals surface area (Å²) in [5.41, 5.74) is 5.11. The molecule has 0 bridgehead atoms. The van der Waals surface area contributed by atoms with Crippen molar-refractivity contribution in [1.29, 1.82) is 0 Å². The fraction of sp³-hybridized carbons (Fsp3) is 0.444. The van der Waals surface area contributed by atoms with Gasteiger partial charge in [0, 0.05) is 0 Å². The van der Waals surface area contributed by atoms with Crippen molar-refractivity contribution in [3.8, 4) is 0 Å². The molecule has 1 N–H and O–H groups in total. The molecule has 158 valence electrons. The Hall–Kier alpha value is -2.35. The Morgan fingerprint density at radius 3 is 1.93 bits per heavy atom. The summed E-state index contributed by atoms with van der Waals surface area (Å²) in [7, 11) is 0. The molecule has 0 heterocycles. The average Bonchev–Trinajstić information content (AvgIpc) is 3.07. The molecule has 0 atom stereocenters. The Morgan fingerprint density at radius 2 is 1.34 bits per heavy atom. The number of rotatable bonds is 4. The average molecular weight is 394 g/mol. The normalized spacial score (nSPS) is 12.9. The van der Waals surface area contributed by atoms with E-state index in [1.165, 1.54) is 22.3 Å². The Bertz CT molecular complexity index is 829. The van der Waals surface area contributed by atoms with E-state index in [2.05, 4.69) is 62.5 Å². The predicted octanol–water partition coefficient (Wildman–Crippen LogP) is 7.15. The third-order valence-electron chi connectivity index (χ3n) is 5.28. The van der Waals surface area contributed by atoms with E-state index in [1.54, 1.807) is 0 Å². The van der Waals surface area contributed by atoms with E-state index >= 15 is 0 Å². The molecule has 2 nitrogen and oxygen atoms in total. The highest BCUT2D eigenvalue weighted by molar-refractivity contribution is 5.98. The van der Waals surface area contributed by atoms with Crippen molar-refractivity contribution in [3.63, 3.8) is 0 Å². The van der Waals surface area contributed by atoms with Crippen LogP contribution in [0.3, 0.4) is 0 Å². The van der Waals surface area contributed by atoms with Crippen LogP contribution in [0.1, 0.15) is 79.0 Å². The van der Waals surface area contributed by atoms with E-state index in [9.17, 15) is 4.79 Å². The van der Waals surface area contributed by atoms with Gasteiger partial charge in [0.25, 0.3) is 0 Å². The standard InChI is InChI=1S/C23H27NO.2C2H6/c1-16-15-17-11-9-10-14-19(17)20(16)22(2,3)21(25)24-23(4,5)18-12-7-6-8-13-18;2*1-2/h6-14H,15H2,1-5H3,(H,24,25);2*1-2H3. The van der Waals surface area contributed by atoms with Crippen LogP contribution in [0.4, 0.5) is 0 Å². The minimum absolute atomic E-state index is 0.0624. The number of carbonyl (C=O) groups is 1. The molecule has 0 saturated heterocycles. The molecular weight excluding hydrogens is 354 g/mol. The van der Waals surface area contributed by atoms with Crippen LogP contribution in [-0.2, 0) is 16.8 Å². The first kappa shape index (κ1) is 24.7. The van der Waals surface area contributed by atoms with Gasteiger partial charge in [0.1, 0.15) is 0 Å². The summed E-state index contributed by atoms with van der Waals surface area (Å²) in [6.07, 6.45) is 0.935. The summed E-state index contributed by atoms with van der Waals surface area (Å²) in [5.74, 6) is 0.0624. The highest BCUT2D eigenvalue weighted by atomic mass is 16.2. The van der Waals surface area contributed by atoms with Gasteiger partial charge in [-0.15, -0.1) is 0 Å². The summed E-state index contributed by atoms with van der Waals surface area (Å²) in [6.45, 7) is 18.3. The second-order valence-electron chi connectivity index (χ2n) is 8.06. The van der Waals surface area contributed by atoms with Gasteiger partial charge in [-0.2, -0.15) is 0 Å². The number of fused-ring (bicyclic) bond motifs is 1. The molecule has 0 aliphatic heterocycles. The number of hydrogen-bond acceptors (Lipinski definition) is 1. The lowest BCUT2D eigenvalue weighted by Gasteiger charge is -2.34. The number of carbonyl (C=O) groups excluding carboxylic acids is 1. The quantitative estimate of drug-likeness (QED) is 0.587. The van der Waals surface area contributed by atoms with E-state index in [0.717, 1.165) is 12.0 Å². The van der Waals surface area contributed by atoms with Gasteiger partial charge in [-0.25, -0.2) is 0 Å². The first-order valence-electron chi connectivity index (χ1n) is 10.9. The molecule has 0 fully saturated rings. The first-order valence-corrected chi connectivity index (χ1v) is 10.9. The molecule has 1 amide bonds. The third-order valence-corrected chi connectivity index (χ3v) is 5.28. The maximum absolute atomic E-state index is 13.3. The minimum atomic E-state index is -0.581. The Morgan fingerprint density at radius 1 is 0.828 bits per heavy atom. The highest BCUT2D eigenvalue weighted by Crippen LogP contribution is 2.44. The zero-order valence-electron chi connectivity index (χ0n) is 19.8. The molecule has 1 aliphatic rings. The molecule has 0 unspecified atom stereocenters. The summed E-state index contributed by atoms with van der Waals surface area (Å²) < 4.78 is 0. The highest BCUT2D eigenvalue weighted by Gasteiger charge is 2.39. The fourth-order valence-corrected chi connectivity index (χ4v) is 3.87. The monoisotopic (exact) mass is 393 g/mol. The molecule has 0 saturated carbocycles. The summed E-state index contributed by atoms with van der Waals surface area (Å²) in [6, 6.07) is 18.6. The Balaban J connectivity index is 0.000000989. The molecule has 0 spiro atoms. The topological polar surface area (TPSA) is 29.1 Å². The number of benzene rings is 2. The molecule has 3 rings (SSSR count). The van der Waals surface area contributed by atoms with Gasteiger partial charge >= 0.3 is 0 Å². The van der Waals surface area contributed by atoms with Crippen LogP contribution >= 0.6 is 0 Å². The molecule has 29 heavy (non-hydrogen) atoms.